The lowest BCUT2D eigenvalue weighted by Gasteiger charge is -2.28. The fourth-order valence-corrected chi connectivity index (χ4v) is 3.88. The molecule has 0 heterocycles. The molecule has 20 heavy (non-hydrogen) atoms. The van der Waals surface area contributed by atoms with Crippen molar-refractivity contribution < 1.29 is 5.11 Å². The lowest BCUT2D eigenvalue weighted by molar-refractivity contribution is 0.265. The molecule has 1 rings (SSSR count). The minimum absolute atomic E-state index is 0.280. The van der Waals surface area contributed by atoms with Crippen molar-refractivity contribution in [3.8, 4) is 0 Å². The summed E-state index contributed by atoms with van der Waals surface area (Å²) in [5.41, 5.74) is 0. The second-order valence-electron chi connectivity index (χ2n) is 6.37. The second kappa shape index (κ2) is 11.9. The molecular weight excluding hydrogens is 266 g/mol. The van der Waals surface area contributed by atoms with E-state index in [1.165, 1.54) is 70.6 Å². The zero-order valence-electron chi connectivity index (χ0n) is 13.6. The van der Waals surface area contributed by atoms with Gasteiger partial charge in [-0.25, -0.2) is 0 Å². The summed E-state index contributed by atoms with van der Waals surface area (Å²) in [5.74, 6) is 0. The fraction of sp³-hybridized carbons (Fsp3) is 1.00. The SMILES string of the molecule is CSC(CO)C(C)NC1CCCCCCCCCCC1. The first-order chi connectivity index (χ1) is 9.77. The molecule has 0 aromatic heterocycles. The highest BCUT2D eigenvalue weighted by atomic mass is 32.2. The molecule has 3 heteroatoms. The first kappa shape index (κ1) is 18.3. The normalized spacial score (nSPS) is 23.6. The lowest BCUT2D eigenvalue weighted by Crippen LogP contribution is -2.43. The average Bonchev–Trinajstić information content (AvgIpc) is 2.43. The summed E-state index contributed by atoms with van der Waals surface area (Å²) < 4.78 is 0. The predicted molar refractivity (Wildman–Crippen MR) is 91.6 cm³/mol. The average molecular weight is 302 g/mol. The van der Waals surface area contributed by atoms with Gasteiger partial charge in [0.2, 0.25) is 0 Å². The molecule has 0 radical (unpaired) electrons. The third kappa shape index (κ3) is 7.90. The summed E-state index contributed by atoms with van der Waals surface area (Å²) in [7, 11) is 0. The molecule has 2 unspecified atom stereocenters. The predicted octanol–water partition coefficient (Wildman–Crippen LogP) is 4.36. The molecule has 0 aliphatic heterocycles. The monoisotopic (exact) mass is 301 g/mol. The van der Waals surface area contributed by atoms with E-state index in [1.807, 2.05) is 0 Å². The molecule has 0 amide bonds. The van der Waals surface area contributed by atoms with E-state index in [9.17, 15) is 5.11 Å². The molecule has 2 atom stereocenters. The third-order valence-corrected chi connectivity index (χ3v) is 5.81. The van der Waals surface area contributed by atoms with Gasteiger partial charge in [0, 0.05) is 17.3 Å². The van der Waals surface area contributed by atoms with E-state index < -0.39 is 0 Å². The Hall–Kier alpha value is 0.270. The van der Waals surface area contributed by atoms with Crippen molar-refractivity contribution in [3.63, 3.8) is 0 Å². The van der Waals surface area contributed by atoms with Gasteiger partial charge in [-0.05, 0) is 26.0 Å². The summed E-state index contributed by atoms with van der Waals surface area (Å²) in [5, 5.41) is 13.5. The van der Waals surface area contributed by atoms with Crippen LogP contribution >= 0.6 is 11.8 Å². The highest BCUT2D eigenvalue weighted by Gasteiger charge is 2.19. The van der Waals surface area contributed by atoms with E-state index in [2.05, 4.69) is 18.5 Å². The van der Waals surface area contributed by atoms with Crippen molar-refractivity contribution in [3.05, 3.63) is 0 Å². The van der Waals surface area contributed by atoms with Crippen LogP contribution in [0.2, 0.25) is 0 Å². The molecule has 0 spiro atoms. The van der Waals surface area contributed by atoms with Crippen molar-refractivity contribution in [1.82, 2.24) is 5.32 Å². The van der Waals surface area contributed by atoms with Crippen molar-refractivity contribution in [2.24, 2.45) is 0 Å². The topological polar surface area (TPSA) is 32.3 Å². The highest BCUT2D eigenvalue weighted by molar-refractivity contribution is 7.99. The fourth-order valence-electron chi connectivity index (χ4n) is 3.25. The van der Waals surface area contributed by atoms with Crippen LogP contribution in [0.4, 0.5) is 0 Å². The first-order valence-electron chi connectivity index (χ1n) is 8.67. The van der Waals surface area contributed by atoms with Gasteiger partial charge in [-0.2, -0.15) is 11.8 Å². The molecule has 2 nitrogen and oxygen atoms in total. The molecule has 0 aromatic rings. The molecule has 0 aromatic carbocycles. The molecule has 1 aliphatic carbocycles. The highest BCUT2D eigenvalue weighted by Crippen LogP contribution is 2.19. The van der Waals surface area contributed by atoms with E-state index in [0.717, 1.165) is 0 Å². The van der Waals surface area contributed by atoms with Gasteiger partial charge in [-0.1, -0.05) is 57.8 Å². The zero-order chi connectivity index (χ0) is 14.6. The maximum absolute atomic E-state index is 9.42. The zero-order valence-corrected chi connectivity index (χ0v) is 14.4. The Balaban J connectivity index is 2.37. The van der Waals surface area contributed by atoms with Gasteiger partial charge in [0.05, 0.1) is 6.61 Å². The summed E-state index contributed by atoms with van der Waals surface area (Å²) in [6, 6.07) is 1.07. The summed E-state index contributed by atoms with van der Waals surface area (Å²) >= 11 is 1.78. The molecule has 0 saturated heterocycles. The Kier molecular flexibility index (Phi) is 10.9. The van der Waals surface area contributed by atoms with E-state index >= 15 is 0 Å². The molecular formula is C17H35NOS. The van der Waals surface area contributed by atoms with Crippen LogP contribution in [-0.2, 0) is 0 Å². The summed E-state index contributed by atoms with van der Waals surface area (Å²) in [6.07, 6.45) is 17.4. The number of hydrogen-bond acceptors (Lipinski definition) is 3. The van der Waals surface area contributed by atoms with Gasteiger partial charge in [-0.3, -0.25) is 0 Å². The Morgan fingerprint density at radius 3 is 1.80 bits per heavy atom. The molecule has 0 bridgehead atoms. The van der Waals surface area contributed by atoms with Gasteiger partial charge in [0.15, 0.2) is 0 Å². The Morgan fingerprint density at radius 1 is 0.950 bits per heavy atom. The van der Waals surface area contributed by atoms with Gasteiger partial charge in [0.25, 0.3) is 0 Å². The van der Waals surface area contributed by atoms with Crippen LogP contribution in [0.15, 0.2) is 0 Å². The number of thioether (sulfide) groups is 1. The van der Waals surface area contributed by atoms with Crippen LogP contribution in [0.3, 0.4) is 0 Å². The van der Waals surface area contributed by atoms with Gasteiger partial charge < -0.3 is 10.4 Å². The van der Waals surface area contributed by atoms with E-state index in [4.69, 9.17) is 0 Å². The summed E-state index contributed by atoms with van der Waals surface area (Å²) in [4.78, 5) is 0. The maximum atomic E-state index is 9.42. The molecule has 1 saturated carbocycles. The minimum atomic E-state index is 0.280. The van der Waals surface area contributed by atoms with Crippen LogP contribution < -0.4 is 5.32 Å². The van der Waals surface area contributed by atoms with Crippen molar-refractivity contribution in [2.45, 2.75) is 94.9 Å². The van der Waals surface area contributed by atoms with Crippen molar-refractivity contribution in [1.29, 1.82) is 0 Å². The second-order valence-corrected chi connectivity index (χ2v) is 7.45. The van der Waals surface area contributed by atoms with Crippen LogP contribution in [-0.4, -0.2) is 35.3 Å². The maximum Gasteiger partial charge on any atom is 0.0564 e. The third-order valence-electron chi connectivity index (χ3n) is 4.64. The van der Waals surface area contributed by atoms with Crippen molar-refractivity contribution in [2.75, 3.05) is 12.9 Å². The van der Waals surface area contributed by atoms with E-state index in [0.29, 0.717) is 17.3 Å². The molecule has 1 fully saturated rings. The van der Waals surface area contributed by atoms with E-state index in [1.54, 1.807) is 11.8 Å². The van der Waals surface area contributed by atoms with Crippen LogP contribution in [0.1, 0.15) is 77.6 Å². The number of hydrogen-bond donors (Lipinski definition) is 2. The largest absolute Gasteiger partial charge is 0.395 e. The number of aliphatic hydroxyl groups is 1. The van der Waals surface area contributed by atoms with Gasteiger partial charge in [0.1, 0.15) is 0 Å². The van der Waals surface area contributed by atoms with Crippen LogP contribution in [0.5, 0.6) is 0 Å². The standard InChI is InChI=1S/C17H35NOS/c1-15(17(14-19)20-2)18-16-12-10-8-6-4-3-5-7-9-11-13-16/h15-19H,3-14H2,1-2H3. The molecule has 2 N–H and O–H groups in total. The lowest BCUT2D eigenvalue weighted by atomic mass is 9.97. The number of rotatable bonds is 5. The first-order valence-corrected chi connectivity index (χ1v) is 9.96. The Labute approximate surface area is 130 Å². The summed E-state index contributed by atoms with van der Waals surface area (Å²) in [6.45, 7) is 2.51. The van der Waals surface area contributed by atoms with Crippen molar-refractivity contribution >= 4 is 11.8 Å². The number of aliphatic hydroxyl groups excluding tert-OH is 1. The van der Waals surface area contributed by atoms with E-state index in [-0.39, 0.29) is 6.61 Å². The Morgan fingerprint density at radius 2 is 1.40 bits per heavy atom. The quantitative estimate of drug-likeness (QED) is 0.791. The smallest absolute Gasteiger partial charge is 0.0564 e. The Bertz CT molecular complexity index is 209. The number of nitrogens with one attached hydrogen (secondary N) is 1. The van der Waals surface area contributed by atoms with Crippen LogP contribution in [0.25, 0.3) is 0 Å². The van der Waals surface area contributed by atoms with Gasteiger partial charge >= 0.3 is 0 Å². The van der Waals surface area contributed by atoms with Gasteiger partial charge in [-0.15, -0.1) is 0 Å². The van der Waals surface area contributed by atoms with Crippen LogP contribution in [0, 0.1) is 0 Å². The molecule has 1 aliphatic rings. The molecule has 120 valence electrons. The minimum Gasteiger partial charge on any atom is -0.395 e.